The lowest BCUT2D eigenvalue weighted by molar-refractivity contribution is 0.157. The van der Waals surface area contributed by atoms with E-state index >= 15 is 0 Å². The summed E-state index contributed by atoms with van der Waals surface area (Å²) >= 11 is 0. The molecule has 0 aromatic heterocycles. The van der Waals surface area contributed by atoms with E-state index < -0.39 is 6.09 Å². The van der Waals surface area contributed by atoms with Gasteiger partial charge in [-0.3, -0.25) is 0 Å². The number of amides is 1. The van der Waals surface area contributed by atoms with Crippen LogP contribution < -0.4 is 5.32 Å². The van der Waals surface area contributed by atoms with Crippen molar-refractivity contribution < 1.29 is 9.90 Å². The summed E-state index contributed by atoms with van der Waals surface area (Å²) in [6, 6.07) is 15.1. The van der Waals surface area contributed by atoms with Crippen LogP contribution in [-0.2, 0) is 6.42 Å². The molecule has 2 aromatic rings. The van der Waals surface area contributed by atoms with Gasteiger partial charge in [-0.2, -0.15) is 0 Å². The summed E-state index contributed by atoms with van der Waals surface area (Å²) in [6.07, 6.45) is 1.91. The molecule has 1 atom stereocenters. The number of nitrogens with one attached hydrogen (secondary N) is 1. The molecule has 1 unspecified atom stereocenters. The van der Waals surface area contributed by atoms with Crippen molar-refractivity contribution in [2.75, 3.05) is 0 Å². The Kier molecular flexibility index (Phi) is 5.08. The van der Waals surface area contributed by atoms with Crippen LogP contribution in [-0.4, -0.2) is 11.2 Å². The van der Waals surface area contributed by atoms with Gasteiger partial charge in [0.25, 0.3) is 0 Å². The van der Waals surface area contributed by atoms with E-state index in [1.165, 1.54) is 22.3 Å². The molecular formula is C23H29NO2. The highest BCUT2D eigenvalue weighted by Crippen LogP contribution is 2.50. The van der Waals surface area contributed by atoms with Crippen LogP contribution in [0.2, 0.25) is 0 Å². The van der Waals surface area contributed by atoms with Crippen LogP contribution in [0.5, 0.6) is 0 Å². The number of carboxylic acid groups (broad SMARTS) is 1. The van der Waals surface area contributed by atoms with Crippen molar-refractivity contribution in [2.24, 2.45) is 5.41 Å². The number of hydrogen-bond donors (Lipinski definition) is 2. The lowest BCUT2D eigenvalue weighted by Crippen LogP contribution is -2.37. The third-order valence-corrected chi connectivity index (χ3v) is 6.17. The van der Waals surface area contributed by atoms with Crippen molar-refractivity contribution in [1.82, 2.24) is 5.32 Å². The first-order valence-electron chi connectivity index (χ1n) is 9.62. The van der Waals surface area contributed by atoms with Gasteiger partial charge < -0.3 is 10.4 Å². The van der Waals surface area contributed by atoms with E-state index in [-0.39, 0.29) is 11.5 Å². The molecular weight excluding hydrogens is 322 g/mol. The highest BCUT2D eigenvalue weighted by atomic mass is 16.4. The maximum Gasteiger partial charge on any atom is 0.405 e. The van der Waals surface area contributed by atoms with Gasteiger partial charge in [-0.15, -0.1) is 0 Å². The SMILES string of the molecule is CCC1(CC)Cc2cc(-c3cccc(C(C)C)c3)ccc2C1NC(=O)O. The summed E-state index contributed by atoms with van der Waals surface area (Å²) in [6.45, 7) is 8.75. The van der Waals surface area contributed by atoms with Gasteiger partial charge in [0.1, 0.15) is 0 Å². The fourth-order valence-corrected chi connectivity index (χ4v) is 4.37. The molecule has 2 N–H and O–H groups in total. The topological polar surface area (TPSA) is 49.3 Å². The highest BCUT2D eigenvalue weighted by Gasteiger charge is 2.44. The summed E-state index contributed by atoms with van der Waals surface area (Å²) in [4.78, 5) is 11.4. The molecule has 0 saturated heterocycles. The zero-order valence-corrected chi connectivity index (χ0v) is 16.2. The standard InChI is InChI=1S/C23H29NO2/c1-5-23(6-2)14-19-13-18(10-11-20(19)21(23)24-22(25)26)17-9-7-8-16(12-17)15(3)4/h7-13,15,21,24H,5-6,14H2,1-4H3,(H,25,26). The van der Waals surface area contributed by atoms with E-state index in [9.17, 15) is 9.90 Å². The quantitative estimate of drug-likeness (QED) is 0.679. The molecule has 2 aromatic carbocycles. The summed E-state index contributed by atoms with van der Waals surface area (Å²) in [5.41, 5.74) is 6.17. The molecule has 138 valence electrons. The molecule has 0 spiro atoms. The van der Waals surface area contributed by atoms with Crippen molar-refractivity contribution in [3.05, 3.63) is 59.2 Å². The maximum atomic E-state index is 11.4. The van der Waals surface area contributed by atoms with Gasteiger partial charge in [-0.05, 0) is 58.4 Å². The minimum atomic E-state index is -0.942. The number of carbonyl (C=O) groups is 1. The highest BCUT2D eigenvalue weighted by molar-refractivity contribution is 5.69. The summed E-state index contributed by atoms with van der Waals surface area (Å²) in [5.74, 6) is 0.501. The second-order valence-corrected chi connectivity index (χ2v) is 7.82. The van der Waals surface area contributed by atoms with E-state index in [2.05, 4.69) is 75.5 Å². The Morgan fingerprint density at radius 3 is 2.46 bits per heavy atom. The number of benzene rings is 2. The summed E-state index contributed by atoms with van der Waals surface area (Å²) < 4.78 is 0. The fourth-order valence-electron chi connectivity index (χ4n) is 4.37. The number of rotatable bonds is 5. The molecule has 0 fully saturated rings. The zero-order chi connectivity index (χ0) is 18.9. The minimum Gasteiger partial charge on any atom is -0.465 e. The van der Waals surface area contributed by atoms with E-state index in [1.807, 2.05) is 0 Å². The van der Waals surface area contributed by atoms with Crippen molar-refractivity contribution in [3.8, 4) is 11.1 Å². The normalized spacial score (nSPS) is 18.0. The van der Waals surface area contributed by atoms with Crippen molar-refractivity contribution in [2.45, 2.75) is 58.9 Å². The Morgan fingerprint density at radius 1 is 1.15 bits per heavy atom. The van der Waals surface area contributed by atoms with E-state index in [0.717, 1.165) is 24.8 Å². The van der Waals surface area contributed by atoms with Crippen molar-refractivity contribution >= 4 is 6.09 Å². The molecule has 3 nitrogen and oxygen atoms in total. The van der Waals surface area contributed by atoms with Crippen LogP contribution in [0.15, 0.2) is 42.5 Å². The third-order valence-electron chi connectivity index (χ3n) is 6.17. The van der Waals surface area contributed by atoms with Gasteiger partial charge >= 0.3 is 6.09 Å². The number of hydrogen-bond acceptors (Lipinski definition) is 1. The predicted molar refractivity (Wildman–Crippen MR) is 107 cm³/mol. The van der Waals surface area contributed by atoms with Gasteiger partial charge in [0.15, 0.2) is 0 Å². The smallest absolute Gasteiger partial charge is 0.405 e. The van der Waals surface area contributed by atoms with Gasteiger partial charge in [0, 0.05) is 0 Å². The van der Waals surface area contributed by atoms with E-state index in [1.54, 1.807) is 0 Å². The summed E-state index contributed by atoms with van der Waals surface area (Å²) in [5, 5.41) is 12.1. The average molecular weight is 351 g/mol. The lowest BCUT2D eigenvalue weighted by atomic mass is 9.76. The van der Waals surface area contributed by atoms with Gasteiger partial charge in [-0.1, -0.05) is 70.2 Å². The minimum absolute atomic E-state index is 0.0286. The van der Waals surface area contributed by atoms with Crippen LogP contribution in [0, 0.1) is 5.41 Å². The summed E-state index contributed by atoms with van der Waals surface area (Å²) in [7, 11) is 0. The molecule has 1 aliphatic rings. The maximum absolute atomic E-state index is 11.4. The molecule has 0 aliphatic heterocycles. The molecule has 3 rings (SSSR count). The van der Waals surface area contributed by atoms with Crippen LogP contribution in [0.25, 0.3) is 11.1 Å². The third kappa shape index (κ3) is 3.23. The Bertz CT molecular complexity index is 806. The second kappa shape index (κ2) is 7.14. The van der Waals surface area contributed by atoms with E-state index in [0.29, 0.717) is 5.92 Å². The Morgan fingerprint density at radius 2 is 1.85 bits per heavy atom. The molecule has 1 aliphatic carbocycles. The Hall–Kier alpha value is -2.29. The van der Waals surface area contributed by atoms with E-state index in [4.69, 9.17) is 0 Å². The van der Waals surface area contributed by atoms with Crippen LogP contribution >= 0.6 is 0 Å². The van der Waals surface area contributed by atoms with Crippen molar-refractivity contribution in [3.63, 3.8) is 0 Å². The zero-order valence-electron chi connectivity index (χ0n) is 16.2. The average Bonchev–Trinajstić information content (AvgIpc) is 2.94. The van der Waals surface area contributed by atoms with Crippen molar-refractivity contribution in [1.29, 1.82) is 0 Å². The predicted octanol–water partition coefficient (Wildman–Crippen LogP) is 6.15. The fraction of sp³-hybridized carbons (Fsp3) is 0.435. The molecule has 0 saturated carbocycles. The first-order chi connectivity index (χ1) is 12.4. The first kappa shape index (κ1) is 18.5. The molecule has 26 heavy (non-hydrogen) atoms. The number of fused-ring (bicyclic) bond motifs is 1. The van der Waals surface area contributed by atoms with Gasteiger partial charge in [-0.25, -0.2) is 4.79 Å². The molecule has 3 heteroatoms. The van der Waals surface area contributed by atoms with Crippen LogP contribution in [0.1, 0.15) is 69.2 Å². The molecule has 0 bridgehead atoms. The largest absolute Gasteiger partial charge is 0.465 e. The first-order valence-corrected chi connectivity index (χ1v) is 9.62. The Labute approximate surface area is 156 Å². The Balaban J connectivity index is 2.02. The monoisotopic (exact) mass is 351 g/mol. The lowest BCUT2D eigenvalue weighted by Gasteiger charge is -2.33. The molecule has 1 amide bonds. The second-order valence-electron chi connectivity index (χ2n) is 7.82. The van der Waals surface area contributed by atoms with Crippen LogP contribution in [0.3, 0.4) is 0 Å². The molecule has 0 radical (unpaired) electrons. The van der Waals surface area contributed by atoms with Crippen LogP contribution in [0.4, 0.5) is 4.79 Å². The van der Waals surface area contributed by atoms with Gasteiger partial charge in [0.2, 0.25) is 0 Å². The van der Waals surface area contributed by atoms with Gasteiger partial charge in [0.05, 0.1) is 6.04 Å². The molecule has 0 heterocycles.